The van der Waals surface area contributed by atoms with Crippen molar-refractivity contribution in [3.8, 4) is 5.69 Å². The number of nitrogens with one attached hydrogen (secondary N) is 2. The Kier molecular flexibility index (Phi) is 7.03. The molecular weight excluding hydrogens is 364 g/mol. The number of amides is 1. The molecule has 0 spiro atoms. The number of aromatic nitrogens is 2. The molecule has 27 heavy (non-hydrogen) atoms. The van der Waals surface area contributed by atoms with Crippen LogP contribution in [0.1, 0.15) is 38.4 Å². The molecule has 0 bridgehead atoms. The molecule has 7 heteroatoms. The van der Waals surface area contributed by atoms with E-state index in [1.165, 1.54) is 0 Å². The van der Waals surface area contributed by atoms with Crippen LogP contribution in [0.15, 0.2) is 30.3 Å². The normalized spacial score (nSPS) is 17.3. The van der Waals surface area contributed by atoms with Gasteiger partial charge in [0.15, 0.2) is 0 Å². The first-order valence-corrected chi connectivity index (χ1v) is 9.11. The lowest BCUT2D eigenvalue weighted by Gasteiger charge is -2.23. The van der Waals surface area contributed by atoms with Crippen LogP contribution in [0.5, 0.6) is 0 Å². The van der Waals surface area contributed by atoms with E-state index in [0.717, 1.165) is 23.5 Å². The van der Waals surface area contributed by atoms with Crippen molar-refractivity contribution < 1.29 is 9.53 Å². The van der Waals surface area contributed by atoms with Crippen molar-refractivity contribution in [3.05, 3.63) is 41.6 Å². The van der Waals surface area contributed by atoms with Gasteiger partial charge in [0.2, 0.25) is 5.91 Å². The van der Waals surface area contributed by atoms with Gasteiger partial charge in [-0.15, -0.1) is 12.4 Å². The Morgan fingerprint density at radius 3 is 2.78 bits per heavy atom. The molecule has 1 fully saturated rings. The maximum absolute atomic E-state index is 12.5. The lowest BCUT2D eigenvalue weighted by atomic mass is 9.92. The maximum atomic E-state index is 12.5. The molecule has 0 saturated carbocycles. The highest BCUT2D eigenvalue weighted by atomic mass is 35.5. The summed E-state index contributed by atoms with van der Waals surface area (Å²) in [7, 11) is 0. The van der Waals surface area contributed by atoms with Crippen LogP contribution in [-0.2, 0) is 14.9 Å². The molecule has 1 unspecified atom stereocenters. The number of hydrogen-bond donors (Lipinski definition) is 2. The first-order valence-electron chi connectivity index (χ1n) is 9.11. The van der Waals surface area contributed by atoms with Gasteiger partial charge in [-0.3, -0.25) is 4.79 Å². The quantitative estimate of drug-likeness (QED) is 0.838. The minimum Gasteiger partial charge on any atom is -0.378 e. The summed E-state index contributed by atoms with van der Waals surface area (Å²) in [6.45, 7) is 10.4. The summed E-state index contributed by atoms with van der Waals surface area (Å²) >= 11 is 0. The minimum atomic E-state index is -0.104. The summed E-state index contributed by atoms with van der Waals surface area (Å²) < 4.78 is 7.24. The molecule has 2 aromatic rings. The zero-order valence-corrected chi connectivity index (χ0v) is 17.2. The van der Waals surface area contributed by atoms with E-state index in [-0.39, 0.29) is 29.8 Å². The van der Waals surface area contributed by atoms with E-state index < -0.39 is 0 Å². The van der Waals surface area contributed by atoms with Gasteiger partial charge < -0.3 is 15.4 Å². The fourth-order valence-electron chi connectivity index (χ4n) is 2.96. The number of rotatable bonds is 4. The Morgan fingerprint density at radius 2 is 2.15 bits per heavy atom. The zero-order chi connectivity index (χ0) is 18.7. The molecule has 1 atom stereocenters. The molecule has 0 aliphatic carbocycles. The number of ether oxygens (including phenoxy) is 1. The summed E-state index contributed by atoms with van der Waals surface area (Å²) in [6.07, 6.45) is 0.379. The second-order valence-corrected chi connectivity index (χ2v) is 7.89. The molecule has 1 aliphatic heterocycles. The number of aryl methyl sites for hydroxylation is 1. The number of carbonyl (C=O) groups is 1. The highest BCUT2D eigenvalue weighted by Crippen LogP contribution is 2.26. The van der Waals surface area contributed by atoms with Crippen LogP contribution in [0, 0.1) is 6.92 Å². The Hall–Kier alpha value is -1.89. The average Bonchev–Trinajstić information content (AvgIpc) is 2.99. The van der Waals surface area contributed by atoms with E-state index >= 15 is 0 Å². The topological polar surface area (TPSA) is 68.2 Å². The fourth-order valence-corrected chi connectivity index (χ4v) is 2.96. The number of nitrogens with zero attached hydrogens (tertiary/aromatic N) is 2. The van der Waals surface area contributed by atoms with E-state index in [9.17, 15) is 4.79 Å². The molecule has 148 valence electrons. The molecule has 1 saturated heterocycles. The highest BCUT2D eigenvalue weighted by molar-refractivity contribution is 5.90. The maximum Gasteiger partial charge on any atom is 0.227 e. The van der Waals surface area contributed by atoms with Gasteiger partial charge in [-0.25, -0.2) is 4.68 Å². The van der Waals surface area contributed by atoms with Gasteiger partial charge in [0, 0.05) is 30.5 Å². The van der Waals surface area contributed by atoms with Gasteiger partial charge >= 0.3 is 0 Å². The standard InChI is InChI=1S/C20H28N4O2.ClH/c1-14-6-5-7-16(10-14)24-18(12-17(23-24)20(2,3)4)22-19(25)11-15-13-26-9-8-21-15;/h5-7,10,12,15,21H,8-9,11,13H2,1-4H3,(H,22,25);1H. The van der Waals surface area contributed by atoms with Gasteiger partial charge in [-0.2, -0.15) is 5.10 Å². The summed E-state index contributed by atoms with van der Waals surface area (Å²) in [4.78, 5) is 12.5. The second-order valence-electron chi connectivity index (χ2n) is 7.89. The predicted molar refractivity (Wildman–Crippen MR) is 110 cm³/mol. The lowest BCUT2D eigenvalue weighted by molar-refractivity contribution is -0.117. The monoisotopic (exact) mass is 392 g/mol. The van der Waals surface area contributed by atoms with Crippen LogP contribution < -0.4 is 10.6 Å². The van der Waals surface area contributed by atoms with Crippen LogP contribution >= 0.6 is 12.4 Å². The zero-order valence-electron chi connectivity index (χ0n) is 16.4. The van der Waals surface area contributed by atoms with Gasteiger partial charge in [-0.1, -0.05) is 32.9 Å². The third-order valence-corrected chi connectivity index (χ3v) is 4.42. The third-order valence-electron chi connectivity index (χ3n) is 4.42. The Balaban J connectivity index is 0.00000261. The first kappa shape index (κ1) is 21.4. The van der Waals surface area contributed by atoms with E-state index in [2.05, 4.69) is 37.5 Å². The number of halogens is 1. The van der Waals surface area contributed by atoms with Crippen LogP contribution in [0.2, 0.25) is 0 Å². The van der Waals surface area contributed by atoms with E-state index in [1.54, 1.807) is 0 Å². The summed E-state index contributed by atoms with van der Waals surface area (Å²) in [5, 5.41) is 11.1. The van der Waals surface area contributed by atoms with Crippen molar-refractivity contribution in [3.63, 3.8) is 0 Å². The molecule has 0 radical (unpaired) electrons. The minimum absolute atomic E-state index is 0. The van der Waals surface area contributed by atoms with Crippen molar-refractivity contribution in [1.29, 1.82) is 0 Å². The van der Waals surface area contributed by atoms with Crippen molar-refractivity contribution in [1.82, 2.24) is 15.1 Å². The summed E-state index contributed by atoms with van der Waals surface area (Å²) in [5.74, 6) is 0.657. The molecular formula is C20H29ClN4O2. The fraction of sp³-hybridized carbons (Fsp3) is 0.500. The summed E-state index contributed by atoms with van der Waals surface area (Å²) in [6, 6.07) is 10.1. The van der Waals surface area contributed by atoms with E-state index in [0.29, 0.717) is 25.5 Å². The van der Waals surface area contributed by atoms with E-state index in [4.69, 9.17) is 9.84 Å². The summed E-state index contributed by atoms with van der Waals surface area (Å²) in [5.41, 5.74) is 2.92. The molecule has 1 aromatic heterocycles. The average molecular weight is 393 g/mol. The third kappa shape index (κ3) is 5.54. The largest absolute Gasteiger partial charge is 0.378 e. The Labute approximate surface area is 167 Å². The predicted octanol–water partition coefficient (Wildman–Crippen LogP) is 3.22. The van der Waals surface area contributed by atoms with Gasteiger partial charge in [0.25, 0.3) is 0 Å². The van der Waals surface area contributed by atoms with E-state index in [1.807, 2.05) is 35.9 Å². The number of benzene rings is 1. The second kappa shape index (κ2) is 8.87. The highest BCUT2D eigenvalue weighted by Gasteiger charge is 2.23. The Bertz CT molecular complexity index is 777. The van der Waals surface area contributed by atoms with Crippen molar-refractivity contribution >= 4 is 24.1 Å². The molecule has 2 heterocycles. The van der Waals surface area contributed by atoms with Crippen molar-refractivity contribution in [2.24, 2.45) is 0 Å². The molecule has 1 aliphatic rings. The number of hydrogen-bond acceptors (Lipinski definition) is 4. The van der Waals surface area contributed by atoms with Gasteiger partial charge in [-0.05, 0) is 24.6 Å². The van der Waals surface area contributed by atoms with Crippen LogP contribution in [-0.4, -0.2) is 41.5 Å². The smallest absolute Gasteiger partial charge is 0.227 e. The van der Waals surface area contributed by atoms with Crippen LogP contribution in [0.3, 0.4) is 0 Å². The SMILES string of the molecule is Cc1cccc(-n2nc(C(C)(C)C)cc2NC(=O)CC2COCCN2)c1.Cl. The lowest BCUT2D eigenvalue weighted by Crippen LogP contribution is -2.43. The molecule has 3 rings (SSSR count). The number of morpholine rings is 1. The van der Waals surface area contributed by atoms with Crippen LogP contribution in [0.4, 0.5) is 5.82 Å². The molecule has 2 N–H and O–H groups in total. The number of anilines is 1. The van der Waals surface area contributed by atoms with Crippen molar-refractivity contribution in [2.75, 3.05) is 25.1 Å². The van der Waals surface area contributed by atoms with Gasteiger partial charge in [0.05, 0.1) is 24.6 Å². The Morgan fingerprint density at radius 1 is 1.37 bits per heavy atom. The van der Waals surface area contributed by atoms with Gasteiger partial charge in [0.1, 0.15) is 5.82 Å². The van der Waals surface area contributed by atoms with Crippen molar-refractivity contribution in [2.45, 2.75) is 45.6 Å². The van der Waals surface area contributed by atoms with Crippen LogP contribution in [0.25, 0.3) is 5.69 Å². The first-order chi connectivity index (χ1) is 12.3. The molecule has 1 amide bonds. The number of carbonyl (C=O) groups excluding carboxylic acids is 1. The molecule has 6 nitrogen and oxygen atoms in total. The molecule has 1 aromatic carbocycles.